The molecule has 0 aliphatic heterocycles. The molecule has 0 heterocycles. The molecule has 1 aromatic carbocycles. The second kappa shape index (κ2) is 6.62. The van der Waals surface area contributed by atoms with Gasteiger partial charge in [-0.2, -0.15) is 5.26 Å². The van der Waals surface area contributed by atoms with Crippen LogP contribution in [0, 0.1) is 11.3 Å². The van der Waals surface area contributed by atoms with Gasteiger partial charge in [0.25, 0.3) is 0 Å². The maximum atomic E-state index is 8.93. The zero-order valence-corrected chi connectivity index (χ0v) is 13.9. The molecule has 112 valence electrons. The van der Waals surface area contributed by atoms with Gasteiger partial charge in [0.1, 0.15) is 0 Å². The molecule has 1 aliphatic carbocycles. The average molecular weight is 289 g/mol. The molecule has 0 amide bonds. The van der Waals surface area contributed by atoms with E-state index in [1.165, 1.54) is 16.7 Å². The van der Waals surface area contributed by atoms with E-state index < -0.39 is 0 Å². The number of hydrogen-bond acceptors (Lipinski definition) is 1. The van der Waals surface area contributed by atoms with E-state index in [2.05, 4.69) is 70.2 Å². The fourth-order valence-corrected chi connectivity index (χ4v) is 2.46. The van der Waals surface area contributed by atoms with Crippen molar-refractivity contribution in [1.29, 1.82) is 5.26 Å². The summed E-state index contributed by atoms with van der Waals surface area (Å²) in [5, 5.41) is 8.93. The van der Waals surface area contributed by atoms with E-state index in [1.54, 1.807) is 0 Å². The van der Waals surface area contributed by atoms with Crippen molar-refractivity contribution in [3.8, 4) is 6.07 Å². The number of allylic oxidation sites excluding steroid dienone is 8. The topological polar surface area (TPSA) is 23.8 Å². The Kier molecular flexibility index (Phi) is 4.83. The lowest BCUT2D eigenvalue weighted by Gasteiger charge is -2.19. The molecule has 0 saturated carbocycles. The highest BCUT2D eigenvalue weighted by molar-refractivity contribution is 5.77. The third-order valence-electron chi connectivity index (χ3n) is 3.92. The van der Waals surface area contributed by atoms with Gasteiger partial charge >= 0.3 is 0 Å². The summed E-state index contributed by atoms with van der Waals surface area (Å²) in [4.78, 5) is 0. The molecule has 0 atom stereocenters. The first-order valence-electron chi connectivity index (χ1n) is 7.66. The first-order valence-corrected chi connectivity index (χ1v) is 7.66. The van der Waals surface area contributed by atoms with Gasteiger partial charge < -0.3 is 0 Å². The zero-order valence-electron chi connectivity index (χ0n) is 13.9. The minimum atomic E-state index is 0.169. The third-order valence-corrected chi connectivity index (χ3v) is 3.92. The Balaban J connectivity index is 2.39. The van der Waals surface area contributed by atoms with Crippen molar-refractivity contribution in [2.24, 2.45) is 0 Å². The summed E-state index contributed by atoms with van der Waals surface area (Å²) in [6.07, 6.45) is 10.8. The number of nitriles is 1. The van der Waals surface area contributed by atoms with Crippen LogP contribution in [0.15, 0.2) is 65.8 Å². The Labute approximate surface area is 134 Å². The summed E-state index contributed by atoms with van der Waals surface area (Å²) in [7, 11) is 0. The molecule has 0 aromatic heterocycles. The Morgan fingerprint density at radius 2 is 1.64 bits per heavy atom. The van der Waals surface area contributed by atoms with E-state index >= 15 is 0 Å². The molecule has 2 rings (SSSR count). The van der Waals surface area contributed by atoms with E-state index in [9.17, 15) is 0 Å². The average Bonchev–Trinajstić information content (AvgIpc) is 2.46. The second-order valence-electron chi connectivity index (χ2n) is 6.69. The molecular formula is C21H23N. The van der Waals surface area contributed by atoms with Crippen LogP contribution in [0.1, 0.15) is 45.2 Å². The smallest absolute Gasteiger partial charge is 0.0669 e. The van der Waals surface area contributed by atoms with Gasteiger partial charge in [-0.05, 0) is 40.2 Å². The lowest BCUT2D eigenvalue weighted by Crippen LogP contribution is -2.10. The minimum absolute atomic E-state index is 0.169. The molecule has 1 heteroatoms. The molecule has 0 fully saturated rings. The van der Waals surface area contributed by atoms with Crippen molar-refractivity contribution in [3.05, 3.63) is 76.9 Å². The van der Waals surface area contributed by atoms with Crippen LogP contribution < -0.4 is 0 Å². The fourth-order valence-electron chi connectivity index (χ4n) is 2.46. The van der Waals surface area contributed by atoms with Crippen molar-refractivity contribution >= 4 is 5.57 Å². The van der Waals surface area contributed by atoms with Gasteiger partial charge in [-0.1, -0.05) is 75.4 Å². The lowest BCUT2D eigenvalue weighted by molar-refractivity contribution is 0.590. The molecular weight excluding hydrogens is 266 g/mol. The van der Waals surface area contributed by atoms with Crippen LogP contribution in [0.4, 0.5) is 0 Å². The fraction of sp³-hybridized carbons (Fsp3) is 0.286. The van der Waals surface area contributed by atoms with Gasteiger partial charge in [0.2, 0.25) is 0 Å². The van der Waals surface area contributed by atoms with E-state index in [4.69, 9.17) is 5.26 Å². The molecule has 0 spiro atoms. The summed E-state index contributed by atoms with van der Waals surface area (Å²) < 4.78 is 0. The summed E-state index contributed by atoms with van der Waals surface area (Å²) >= 11 is 0. The quantitative estimate of drug-likeness (QED) is 0.682. The monoisotopic (exact) mass is 289 g/mol. The van der Waals surface area contributed by atoms with Crippen molar-refractivity contribution < 1.29 is 0 Å². The molecule has 0 saturated heterocycles. The molecule has 0 bridgehead atoms. The largest absolute Gasteiger partial charge is 0.198 e. The molecule has 22 heavy (non-hydrogen) atoms. The Hall–Kier alpha value is -2.33. The van der Waals surface area contributed by atoms with Crippen LogP contribution in [-0.2, 0) is 5.41 Å². The van der Waals surface area contributed by atoms with Crippen molar-refractivity contribution in [1.82, 2.24) is 0 Å². The maximum absolute atomic E-state index is 8.93. The van der Waals surface area contributed by atoms with Crippen LogP contribution in [0.5, 0.6) is 0 Å². The third kappa shape index (κ3) is 3.86. The molecule has 1 aliphatic rings. The highest BCUT2D eigenvalue weighted by atomic mass is 14.2. The first-order chi connectivity index (χ1) is 10.4. The SMILES string of the molecule is CC1=C(CC#N)/C=C/C=C/C(c2ccc(C(C)(C)C)cc2)=C\1. The first kappa shape index (κ1) is 16.0. The lowest BCUT2D eigenvalue weighted by atomic mass is 9.86. The number of nitrogens with zero attached hydrogens (tertiary/aromatic N) is 1. The van der Waals surface area contributed by atoms with E-state index in [0.717, 1.165) is 11.1 Å². The van der Waals surface area contributed by atoms with Gasteiger partial charge in [0, 0.05) is 0 Å². The summed E-state index contributed by atoms with van der Waals surface area (Å²) in [5.74, 6) is 0. The van der Waals surface area contributed by atoms with Gasteiger partial charge in [-0.3, -0.25) is 0 Å². The normalized spacial score (nSPS) is 23.7. The number of rotatable bonds is 2. The van der Waals surface area contributed by atoms with Crippen LogP contribution >= 0.6 is 0 Å². The summed E-state index contributed by atoms with van der Waals surface area (Å²) in [6.45, 7) is 8.74. The zero-order chi connectivity index (χ0) is 16.2. The van der Waals surface area contributed by atoms with Crippen LogP contribution in [0.25, 0.3) is 5.57 Å². The van der Waals surface area contributed by atoms with Crippen LogP contribution in [0.3, 0.4) is 0 Å². The number of benzene rings is 1. The van der Waals surface area contributed by atoms with Crippen LogP contribution in [0.2, 0.25) is 0 Å². The molecule has 0 N–H and O–H groups in total. The molecule has 1 nitrogen and oxygen atoms in total. The Bertz CT molecular complexity index is 696. The molecule has 1 aromatic rings. The van der Waals surface area contributed by atoms with E-state index in [-0.39, 0.29) is 5.41 Å². The van der Waals surface area contributed by atoms with E-state index in [1.807, 2.05) is 18.2 Å². The molecule has 0 unspecified atom stereocenters. The van der Waals surface area contributed by atoms with Gasteiger partial charge in [0.05, 0.1) is 12.5 Å². The predicted molar refractivity (Wildman–Crippen MR) is 94.3 cm³/mol. The Morgan fingerprint density at radius 1 is 1.00 bits per heavy atom. The highest BCUT2D eigenvalue weighted by Gasteiger charge is 2.13. The maximum Gasteiger partial charge on any atom is 0.0669 e. The van der Waals surface area contributed by atoms with E-state index in [0.29, 0.717) is 6.42 Å². The van der Waals surface area contributed by atoms with Crippen molar-refractivity contribution in [2.45, 2.75) is 39.5 Å². The highest BCUT2D eigenvalue weighted by Crippen LogP contribution is 2.27. The Morgan fingerprint density at radius 3 is 2.23 bits per heavy atom. The van der Waals surface area contributed by atoms with Gasteiger partial charge in [-0.15, -0.1) is 0 Å². The minimum Gasteiger partial charge on any atom is -0.198 e. The van der Waals surface area contributed by atoms with Crippen LogP contribution in [-0.4, -0.2) is 0 Å². The summed E-state index contributed by atoms with van der Waals surface area (Å²) in [6, 6.07) is 11.0. The number of hydrogen-bond donors (Lipinski definition) is 0. The standard InChI is InChI=1S/C21H23N/c1-16-15-19(8-6-5-7-17(16)13-14-22)18-9-11-20(12-10-18)21(2,3)4/h5-12,15H,13H2,1-4H3/b6-5?,7-5+,8-6+,16-15?,17-7?,17-16+,19-8?,19-15+. The van der Waals surface area contributed by atoms with Crippen molar-refractivity contribution in [3.63, 3.8) is 0 Å². The van der Waals surface area contributed by atoms with Gasteiger partial charge in [0.15, 0.2) is 0 Å². The predicted octanol–water partition coefficient (Wildman–Crippen LogP) is 5.72. The molecule has 0 radical (unpaired) electrons. The summed E-state index contributed by atoms with van der Waals surface area (Å²) in [5.41, 5.74) is 6.12. The van der Waals surface area contributed by atoms with Crippen molar-refractivity contribution in [2.75, 3.05) is 0 Å². The van der Waals surface area contributed by atoms with Gasteiger partial charge in [-0.25, -0.2) is 0 Å². The second-order valence-corrected chi connectivity index (χ2v) is 6.69.